The lowest BCUT2D eigenvalue weighted by atomic mass is 9.83. The van der Waals surface area contributed by atoms with Gasteiger partial charge in [0.1, 0.15) is 5.75 Å². The number of nitrogens with one attached hydrogen (secondary N) is 1. The Kier molecular flexibility index (Phi) is 5.06. The monoisotopic (exact) mass is 331 g/mol. The smallest absolute Gasteiger partial charge is 0.290 e. The van der Waals surface area contributed by atoms with Gasteiger partial charge >= 0.3 is 0 Å². The van der Waals surface area contributed by atoms with Crippen LogP contribution in [0.1, 0.15) is 38.2 Å². The van der Waals surface area contributed by atoms with Gasteiger partial charge < -0.3 is 4.74 Å². The van der Waals surface area contributed by atoms with E-state index in [-0.39, 0.29) is 11.1 Å². The molecule has 1 aromatic carbocycles. The first kappa shape index (κ1) is 16.1. The molecule has 1 N–H and O–H groups in total. The molecule has 1 aromatic rings. The van der Waals surface area contributed by atoms with Gasteiger partial charge in [0.05, 0.1) is 11.5 Å². The third kappa shape index (κ3) is 4.38. The molecule has 2 aliphatic rings. The fourth-order valence-corrected chi connectivity index (χ4v) is 3.62. The lowest BCUT2D eigenvalue weighted by molar-refractivity contribution is -0.115. The first-order chi connectivity index (χ1) is 11.1. The molecule has 23 heavy (non-hydrogen) atoms. The molecule has 0 spiro atoms. The molecule has 1 saturated carbocycles. The Balaban J connectivity index is 1.54. The van der Waals surface area contributed by atoms with Crippen molar-refractivity contribution in [3.8, 4) is 5.75 Å². The summed E-state index contributed by atoms with van der Waals surface area (Å²) in [5.74, 6) is 2.05. The van der Waals surface area contributed by atoms with Gasteiger partial charge in [0.15, 0.2) is 0 Å². The van der Waals surface area contributed by atoms with E-state index in [4.69, 9.17) is 4.74 Å². The topological polar surface area (TPSA) is 55.4 Å². The maximum Gasteiger partial charge on any atom is 0.290 e. The van der Waals surface area contributed by atoms with Crippen molar-refractivity contribution >= 4 is 29.0 Å². The summed E-state index contributed by atoms with van der Waals surface area (Å²) in [6.45, 7) is 3.10. The minimum absolute atomic E-state index is 0.317. The lowest BCUT2D eigenvalue weighted by Gasteiger charge is -2.26. The zero-order valence-corrected chi connectivity index (χ0v) is 14.0. The molecule has 2 fully saturated rings. The number of amides is 2. The van der Waals surface area contributed by atoms with E-state index in [2.05, 4.69) is 12.2 Å². The molecular formula is C18H21NO3S. The Bertz CT molecular complexity index is 616. The average Bonchev–Trinajstić information content (AvgIpc) is 2.86. The second-order valence-corrected chi connectivity index (χ2v) is 7.37. The van der Waals surface area contributed by atoms with Gasteiger partial charge in [0.25, 0.3) is 11.1 Å². The minimum atomic E-state index is -0.327. The first-order valence-corrected chi connectivity index (χ1v) is 8.89. The number of thioether (sulfide) groups is 1. The Hall–Kier alpha value is -1.75. The number of rotatable bonds is 4. The van der Waals surface area contributed by atoms with Crippen molar-refractivity contribution in [1.82, 2.24) is 5.32 Å². The van der Waals surface area contributed by atoms with Crippen LogP contribution in [0.3, 0.4) is 0 Å². The second-order valence-electron chi connectivity index (χ2n) is 6.36. The molecule has 0 aromatic heterocycles. The predicted molar refractivity (Wildman–Crippen MR) is 92.2 cm³/mol. The molecule has 0 atom stereocenters. The summed E-state index contributed by atoms with van der Waals surface area (Å²) >= 11 is 0.932. The molecule has 5 heteroatoms. The zero-order valence-electron chi connectivity index (χ0n) is 13.2. The van der Waals surface area contributed by atoms with Gasteiger partial charge in [-0.25, -0.2) is 0 Å². The number of hydrogen-bond acceptors (Lipinski definition) is 4. The maximum absolute atomic E-state index is 11.5. The summed E-state index contributed by atoms with van der Waals surface area (Å²) in [6, 6.07) is 7.64. The van der Waals surface area contributed by atoms with Gasteiger partial charge in [-0.05, 0) is 60.2 Å². The number of imide groups is 1. The van der Waals surface area contributed by atoms with Gasteiger partial charge in [-0.2, -0.15) is 0 Å². The number of ether oxygens (including phenoxy) is 1. The standard InChI is InChI=1S/C18H21NO3S/c1-12-2-4-14(5-3-12)11-22-15-8-6-13(7-9-15)10-16-17(20)19-18(21)23-16/h6-10,12,14H,2-5,11H2,1H3,(H,19,20,21)/b16-10-. The summed E-state index contributed by atoms with van der Waals surface area (Å²) in [4.78, 5) is 23.1. The van der Waals surface area contributed by atoms with Crippen LogP contribution in [-0.4, -0.2) is 17.8 Å². The van der Waals surface area contributed by atoms with E-state index in [0.29, 0.717) is 10.8 Å². The van der Waals surface area contributed by atoms with Gasteiger partial charge in [0.2, 0.25) is 0 Å². The predicted octanol–water partition coefficient (Wildman–Crippen LogP) is 4.22. The molecule has 2 amide bonds. The molecule has 0 bridgehead atoms. The zero-order chi connectivity index (χ0) is 16.2. The van der Waals surface area contributed by atoms with Crippen molar-refractivity contribution in [2.45, 2.75) is 32.6 Å². The number of hydrogen-bond donors (Lipinski definition) is 1. The van der Waals surface area contributed by atoms with Crippen LogP contribution < -0.4 is 10.1 Å². The highest BCUT2D eigenvalue weighted by atomic mass is 32.2. The van der Waals surface area contributed by atoms with Gasteiger partial charge in [-0.3, -0.25) is 14.9 Å². The molecule has 0 unspecified atom stereocenters. The molecule has 1 aliphatic heterocycles. The van der Waals surface area contributed by atoms with Crippen molar-refractivity contribution in [2.24, 2.45) is 11.8 Å². The summed E-state index contributed by atoms with van der Waals surface area (Å²) in [6.07, 6.45) is 6.84. The van der Waals surface area contributed by atoms with Crippen molar-refractivity contribution in [3.63, 3.8) is 0 Å². The van der Waals surface area contributed by atoms with Gasteiger partial charge in [0, 0.05) is 0 Å². The van der Waals surface area contributed by atoms with E-state index in [1.807, 2.05) is 24.3 Å². The van der Waals surface area contributed by atoms with Crippen molar-refractivity contribution in [3.05, 3.63) is 34.7 Å². The molecule has 3 rings (SSSR count). The molecule has 1 heterocycles. The maximum atomic E-state index is 11.5. The molecule has 122 valence electrons. The van der Waals surface area contributed by atoms with Crippen LogP contribution >= 0.6 is 11.8 Å². The molecule has 1 saturated heterocycles. The van der Waals surface area contributed by atoms with Crippen LogP contribution in [0.4, 0.5) is 4.79 Å². The third-order valence-electron chi connectivity index (χ3n) is 4.44. The molecule has 1 aliphatic carbocycles. The van der Waals surface area contributed by atoms with Crippen molar-refractivity contribution in [2.75, 3.05) is 6.61 Å². The number of carbonyl (C=O) groups is 2. The highest BCUT2D eigenvalue weighted by Gasteiger charge is 2.24. The van der Waals surface area contributed by atoms with Gasteiger partial charge in [-0.15, -0.1) is 0 Å². The van der Waals surface area contributed by atoms with Crippen LogP contribution in [0.15, 0.2) is 29.2 Å². The van der Waals surface area contributed by atoms with E-state index >= 15 is 0 Å². The third-order valence-corrected chi connectivity index (χ3v) is 5.25. The molecule has 0 radical (unpaired) electrons. The van der Waals surface area contributed by atoms with Crippen LogP contribution in [0.2, 0.25) is 0 Å². The average molecular weight is 331 g/mol. The summed E-state index contributed by atoms with van der Waals surface area (Å²) < 4.78 is 5.88. The van der Waals surface area contributed by atoms with Gasteiger partial charge in [-0.1, -0.05) is 31.9 Å². The Morgan fingerprint density at radius 2 is 1.87 bits per heavy atom. The van der Waals surface area contributed by atoms with Crippen LogP contribution in [0.25, 0.3) is 6.08 Å². The highest BCUT2D eigenvalue weighted by Crippen LogP contribution is 2.29. The highest BCUT2D eigenvalue weighted by molar-refractivity contribution is 8.18. The Morgan fingerprint density at radius 3 is 2.48 bits per heavy atom. The quantitative estimate of drug-likeness (QED) is 0.840. The summed E-state index contributed by atoms with van der Waals surface area (Å²) in [5, 5.41) is 1.93. The fourth-order valence-electron chi connectivity index (χ4n) is 2.94. The summed E-state index contributed by atoms with van der Waals surface area (Å²) in [7, 11) is 0. The first-order valence-electron chi connectivity index (χ1n) is 8.08. The largest absolute Gasteiger partial charge is 0.493 e. The lowest BCUT2D eigenvalue weighted by Crippen LogP contribution is -2.18. The number of carbonyl (C=O) groups excluding carboxylic acids is 2. The van der Waals surface area contributed by atoms with Crippen LogP contribution in [-0.2, 0) is 4.79 Å². The van der Waals surface area contributed by atoms with Crippen LogP contribution in [0, 0.1) is 11.8 Å². The summed E-state index contributed by atoms with van der Waals surface area (Å²) in [5.41, 5.74) is 0.885. The molecule has 4 nitrogen and oxygen atoms in total. The van der Waals surface area contributed by atoms with E-state index in [1.165, 1.54) is 25.7 Å². The van der Waals surface area contributed by atoms with Crippen molar-refractivity contribution in [1.29, 1.82) is 0 Å². The van der Waals surface area contributed by atoms with E-state index in [0.717, 1.165) is 35.6 Å². The SMILES string of the molecule is CC1CCC(COc2ccc(/C=C3\SC(=O)NC3=O)cc2)CC1. The fraction of sp³-hybridized carbons (Fsp3) is 0.444. The Morgan fingerprint density at radius 1 is 1.17 bits per heavy atom. The van der Waals surface area contributed by atoms with Crippen molar-refractivity contribution < 1.29 is 14.3 Å². The molecular weight excluding hydrogens is 310 g/mol. The Labute approximate surface area is 140 Å². The number of benzene rings is 1. The second kappa shape index (κ2) is 7.21. The minimum Gasteiger partial charge on any atom is -0.493 e. The van der Waals surface area contributed by atoms with E-state index < -0.39 is 0 Å². The van der Waals surface area contributed by atoms with E-state index in [1.54, 1.807) is 6.08 Å². The normalized spacial score (nSPS) is 26.4. The van der Waals surface area contributed by atoms with Crippen LogP contribution in [0.5, 0.6) is 5.75 Å². The van der Waals surface area contributed by atoms with E-state index in [9.17, 15) is 9.59 Å².